The molecule has 3 N–H and O–H groups in total. The number of hydrogen-bond acceptors (Lipinski definition) is 4. The molecule has 2 rings (SSSR count). The first-order chi connectivity index (χ1) is 10.1. The lowest BCUT2D eigenvalue weighted by Gasteiger charge is -2.06. The van der Waals surface area contributed by atoms with Crippen LogP contribution in [0.15, 0.2) is 35.8 Å². The Hall–Kier alpha value is -2.41. The molecule has 0 saturated carbocycles. The third-order valence-corrected chi connectivity index (χ3v) is 3.56. The fourth-order valence-corrected chi connectivity index (χ4v) is 2.25. The second-order valence-corrected chi connectivity index (χ2v) is 5.27. The Morgan fingerprint density at radius 1 is 1.19 bits per heavy atom. The van der Waals surface area contributed by atoms with Crippen LogP contribution in [0.25, 0.3) is 0 Å². The lowest BCUT2D eigenvalue weighted by Crippen LogP contribution is -2.36. The van der Waals surface area contributed by atoms with Crippen molar-refractivity contribution in [2.45, 2.75) is 13.0 Å². The Kier molecular flexibility index (Phi) is 5.28. The van der Waals surface area contributed by atoms with Crippen molar-refractivity contribution in [2.75, 3.05) is 6.54 Å². The predicted molar refractivity (Wildman–Crippen MR) is 79.5 cm³/mol. The van der Waals surface area contributed by atoms with Gasteiger partial charge in [0.05, 0.1) is 12.1 Å². The molecule has 7 heteroatoms. The van der Waals surface area contributed by atoms with Crippen LogP contribution in [0.1, 0.15) is 20.9 Å². The minimum absolute atomic E-state index is 0.243. The van der Waals surface area contributed by atoms with Crippen molar-refractivity contribution in [1.82, 2.24) is 15.6 Å². The quantitative estimate of drug-likeness (QED) is 0.760. The summed E-state index contributed by atoms with van der Waals surface area (Å²) < 4.78 is 0. The smallest absolute Gasteiger partial charge is 0.335 e. The van der Waals surface area contributed by atoms with Crippen LogP contribution in [0.5, 0.6) is 0 Å². The van der Waals surface area contributed by atoms with E-state index in [1.165, 1.54) is 11.3 Å². The van der Waals surface area contributed by atoms with Crippen molar-refractivity contribution < 1.29 is 14.7 Å². The van der Waals surface area contributed by atoms with E-state index in [1.807, 2.05) is 5.38 Å². The van der Waals surface area contributed by atoms with Crippen LogP contribution in [0.3, 0.4) is 0 Å². The highest BCUT2D eigenvalue weighted by Gasteiger charge is 2.03. The van der Waals surface area contributed by atoms with Crippen molar-refractivity contribution in [3.63, 3.8) is 0 Å². The largest absolute Gasteiger partial charge is 0.478 e. The Morgan fingerprint density at radius 3 is 2.57 bits per heavy atom. The van der Waals surface area contributed by atoms with Crippen LogP contribution in [-0.4, -0.2) is 28.6 Å². The van der Waals surface area contributed by atoms with E-state index in [0.29, 0.717) is 19.5 Å². The molecule has 0 aliphatic rings. The summed E-state index contributed by atoms with van der Waals surface area (Å²) in [5.74, 6) is -0.943. The van der Waals surface area contributed by atoms with Gasteiger partial charge >= 0.3 is 12.0 Å². The van der Waals surface area contributed by atoms with Gasteiger partial charge in [-0.3, -0.25) is 0 Å². The molecule has 0 aliphatic carbocycles. The molecule has 2 aromatic rings. The second kappa shape index (κ2) is 7.39. The molecule has 1 heterocycles. The molecule has 0 atom stereocenters. The number of urea groups is 1. The van der Waals surface area contributed by atoms with Gasteiger partial charge in [0.15, 0.2) is 0 Å². The predicted octanol–water partition coefficient (Wildman–Crippen LogP) is 1.88. The van der Waals surface area contributed by atoms with Gasteiger partial charge < -0.3 is 15.7 Å². The summed E-state index contributed by atoms with van der Waals surface area (Å²) in [7, 11) is 0. The molecule has 110 valence electrons. The summed E-state index contributed by atoms with van der Waals surface area (Å²) in [6.07, 6.45) is 2.34. The van der Waals surface area contributed by atoms with Crippen molar-refractivity contribution >= 4 is 23.3 Å². The molecule has 2 amide bonds. The number of nitrogens with one attached hydrogen (secondary N) is 2. The first-order valence-corrected chi connectivity index (χ1v) is 7.25. The van der Waals surface area contributed by atoms with Crippen LogP contribution in [0, 0.1) is 0 Å². The lowest BCUT2D eigenvalue weighted by atomic mass is 10.1. The van der Waals surface area contributed by atoms with Crippen LogP contribution < -0.4 is 10.6 Å². The molecule has 0 aliphatic heterocycles. The molecule has 0 saturated heterocycles. The number of carbonyl (C=O) groups excluding carboxylic acids is 1. The third-order valence-electron chi connectivity index (χ3n) is 2.78. The Bertz CT molecular complexity index is 596. The number of aromatic nitrogens is 1. The summed E-state index contributed by atoms with van der Waals surface area (Å²) in [5, 5.41) is 17.0. The maximum atomic E-state index is 11.5. The van der Waals surface area contributed by atoms with Crippen molar-refractivity contribution in [1.29, 1.82) is 0 Å². The van der Waals surface area contributed by atoms with Gasteiger partial charge in [0.25, 0.3) is 0 Å². The summed E-state index contributed by atoms with van der Waals surface area (Å²) in [5.41, 5.74) is 1.23. The average molecular weight is 305 g/mol. The van der Waals surface area contributed by atoms with E-state index < -0.39 is 5.97 Å². The standard InChI is InChI=1S/C14H15N3O3S/c18-13(19)11-3-1-10(2-4-11)5-6-16-14(20)17-9-12-15-7-8-21-12/h1-4,7-8H,5-6,9H2,(H,18,19)(H2,16,17,20). The molecule has 1 aromatic heterocycles. The highest BCUT2D eigenvalue weighted by atomic mass is 32.1. The number of rotatable bonds is 6. The molecule has 0 spiro atoms. The topological polar surface area (TPSA) is 91.3 Å². The number of hydrogen-bond donors (Lipinski definition) is 3. The maximum Gasteiger partial charge on any atom is 0.335 e. The van der Waals surface area contributed by atoms with E-state index in [4.69, 9.17) is 5.11 Å². The molecule has 0 radical (unpaired) electrons. The van der Waals surface area contributed by atoms with E-state index in [9.17, 15) is 9.59 Å². The van der Waals surface area contributed by atoms with Crippen LogP contribution >= 0.6 is 11.3 Å². The first-order valence-electron chi connectivity index (χ1n) is 6.37. The first kappa shape index (κ1) is 15.0. The molecule has 6 nitrogen and oxygen atoms in total. The average Bonchev–Trinajstić information content (AvgIpc) is 2.99. The number of nitrogens with zero attached hydrogens (tertiary/aromatic N) is 1. The third kappa shape index (κ3) is 4.88. The fraction of sp³-hybridized carbons (Fsp3) is 0.214. The van der Waals surface area contributed by atoms with Gasteiger partial charge in [-0.2, -0.15) is 0 Å². The molecule has 1 aromatic carbocycles. The lowest BCUT2D eigenvalue weighted by molar-refractivity contribution is 0.0697. The Labute approximate surface area is 125 Å². The van der Waals surface area contributed by atoms with Gasteiger partial charge in [0.2, 0.25) is 0 Å². The van der Waals surface area contributed by atoms with E-state index in [-0.39, 0.29) is 11.6 Å². The number of carbonyl (C=O) groups is 2. The monoisotopic (exact) mass is 305 g/mol. The number of thiazole rings is 1. The number of carboxylic acid groups (broad SMARTS) is 1. The van der Waals surface area contributed by atoms with Crippen molar-refractivity contribution in [3.8, 4) is 0 Å². The van der Waals surface area contributed by atoms with Crippen molar-refractivity contribution in [2.24, 2.45) is 0 Å². The van der Waals surface area contributed by atoms with Gasteiger partial charge in [0, 0.05) is 18.1 Å². The number of benzene rings is 1. The Morgan fingerprint density at radius 2 is 1.95 bits per heavy atom. The summed E-state index contributed by atoms with van der Waals surface area (Å²) in [4.78, 5) is 26.3. The second-order valence-electron chi connectivity index (χ2n) is 4.29. The van der Waals surface area contributed by atoms with Gasteiger partial charge in [-0.25, -0.2) is 14.6 Å². The Balaban J connectivity index is 1.68. The highest BCUT2D eigenvalue weighted by molar-refractivity contribution is 7.09. The number of carboxylic acids is 1. The van der Waals surface area contributed by atoms with Crippen LogP contribution in [0.4, 0.5) is 4.79 Å². The summed E-state index contributed by atoms with van der Waals surface area (Å²) in [6.45, 7) is 0.896. The minimum atomic E-state index is -0.943. The van der Waals surface area contributed by atoms with E-state index in [1.54, 1.807) is 30.5 Å². The van der Waals surface area contributed by atoms with Gasteiger partial charge in [-0.05, 0) is 24.1 Å². The zero-order valence-corrected chi connectivity index (χ0v) is 12.0. The molecule has 21 heavy (non-hydrogen) atoms. The van der Waals surface area contributed by atoms with Gasteiger partial charge in [-0.1, -0.05) is 12.1 Å². The van der Waals surface area contributed by atoms with E-state index in [2.05, 4.69) is 15.6 Å². The zero-order valence-electron chi connectivity index (χ0n) is 11.2. The van der Waals surface area contributed by atoms with Gasteiger partial charge in [0.1, 0.15) is 5.01 Å². The highest BCUT2D eigenvalue weighted by Crippen LogP contribution is 2.05. The number of aromatic carboxylic acids is 1. The fourth-order valence-electron chi connectivity index (χ4n) is 1.69. The summed E-state index contributed by atoms with van der Waals surface area (Å²) >= 11 is 1.49. The van der Waals surface area contributed by atoms with Crippen molar-refractivity contribution in [3.05, 3.63) is 52.0 Å². The number of amides is 2. The molecule has 0 bridgehead atoms. The molecule has 0 unspecified atom stereocenters. The van der Waals surface area contributed by atoms with Crippen LogP contribution in [-0.2, 0) is 13.0 Å². The summed E-state index contributed by atoms with van der Waals surface area (Å²) in [6, 6.07) is 6.37. The van der Waals surface area contributed by atoms with E-state index in [0.717, 1.165) is 10.6 Å². The maximum absolute atomic E-state index is 11.5. The minimum Gasteiger partial charge on any atom is -0.478 e. The normalized spacial score (nSPS) is 10.1. The molecule has 0 fully saturated rings. The SMILES string of the molecule is O=C(NCCc1ccc(C(=O)O)cc1)NCc1nccs1. The van der Waals surface area contributed by atoms with E-state index >= 15 is 0 Å². The van der Waals surface area contributed by atoms with Gasteiger partial charge in [-0.15, -0.1) is 11.3 Å². The molecular formula is C14H15N3O3S. The molecular weight excluding hydrogens is 290 g/mol. The zero-order chi connectivity index (χ0) is 15.1. The van der Waals surface area contributed by atoms with Crippen LogP contribution in [0.2, 0.25) is 0 Å².